The fourth-order valence-corrected chi connectivity index (χ4v) is 1.36. The zero-order chi connectivity index (χ0) is 12.6. The van der Waals surface area contributed by atoms with Gasteiger partial charge < -0.3 is 9.64 Å². The van der Waals surface area contributed by atoms with Crippen LogP contribution in [0.1, 0.15) is 41.0 Å². The summed E-state index contributed by atoms with van der Waals surface area (Å²) >= 11 is 0. The predicted molar refractivity (Wildman–Crippen MR) is 65.1 cm³/mol. The smallest absolute Gasteiger partial charge is 0.304 e. The van der Waals surface area contributed by atoms with E-state index in [0.29, 0.717) is 6.42 Å². The molecule has 92 valence electrons. The van der Waals surface area contributed by atoms with Gasteiger partial charge >= 0.3 is 5.97 Å². The first-order valence-corrected chi connectivity index (χ1v) is 6.00. The van der Waals surface area contributed by atoms with Gasteiger partial charge in [-0.1, -0.05) is 6.92 Å². The van der Waals surface area contributed by atoms with Gasteiger partial charge in [0.25, 0.3) is 0 Å². The van der Waals surface area contributed by atoms with E-state index in [1.165, 1.54) is 11.8 Å². The molecule has 0 heterocycles. The lowest BCUT2D eigenvalue weighted by atomic mass is 10.0. The number of ether oxygens (including phenoxy) is 1. The van der Waals surface area contributed by atoms with Crippen LogP contribution in [0.4, 0.5) is 0 Å². The maximum absolute atomic E-state index is 10.9. The fraction of sp³-hybridized carbons (Fsp3) is 0.769. The zero-order valence-electron chi connectivity index (χ0n) is 11.1. The molecule has 0 bridgehead atoms. The molecule has 0 saturated carbocycles. The number of esters is 1. The van der Waals surface area contributed by atoms with Crippen molar-refractivity contribution >= 4 is 5.97 Å². The molecule has 0 saturated heterocycles. The summed E-state index contributed by atoms with van der Waals surface area (Å²) in [4.78, 5) is 12.4. The SMILES string of the molecule is CC[NH+](CC)CC#C[C@@](C)(CC)OC(C)=O. The Morgan fingerprint density at radius 3 is 2.25 bits per heavy atom. The molecule has 0 aliphatic carbocycles. The number of carbonyl (C=O) groups excluding carboxylic acids is 1. The van der Waals surface area contributed by atoms with E-state index in [1.807, 2.05) is 13.8 Å². The lowest BCUT2D eigenvalue weighted by Gasteiger charge is -2.21. The molecule has 1 N–H and O–H groups in total. The van der Waals surface area contributed by atoms with Crippen molar-refractivity contribution in [2.75, 3.05) is 19.6 Å². The van der Waals surface area contributed by atoms with Gasteiger partial charge in [-0.2, -0.15) is 0 Å². The van der Waals surface area contributed by atoms with Crippen LogP contribution < -0.4 is 4.90 Å². The van der Waals surface area contributed by atoms with Crippen molar-refractivity contribution in [1.29, 1.82) is 0 Å². The Hall–Kier alpha value is -1.01. The lowest BCUT2D eigenvalue weighted by Crippen LogP contribution is -3.11. The van der Waals surface area contributed by atoms with Gasteiger partial charge in [-0.3, -0.25) is 4.79 Å². The van der Waals surface area contributed by atoms with Crippen LogP contribution in [0.15, 0.2) is 0 Å². The second-order valence-corrected chi connectivity index (χ2v) is 4.11. The quantitative estimate of drug-likeness (QED) is 0.551. The normalized spacial score (nSPS) is 13.9. The molecule has 3 nitrogen and oxygen atoms in total. The summed E-state index contributed by atoms with van der Waals surface area (Å²) in [6.07, 6.45) is 0.715. The average molecular weight is 226 g/mol. The molecule has 0 rings (SSSR count). The maximum Gasteiger partial charge on any atom is 0.304 e. The highest BCUT2D eigenvalue weighted by atomic mass is 16.6. The van der Waals surface area contributed by atoms with Crippen molar-refractivity contribution < 1.29 is 14.4 Å². The van der Waals surface area contributed by atoms with Gasteiger partial charge in [0.2, 0.25) is 0 Å². The van der Waals surface area contributed by atoms with E-state index in [9.17, 15) is 4.79 Å². The molecule has 0 radical (unpaired) electrons. The third-order valence-electron chi connectivity index (χ3n) is 2.73. The van der Waals surface area contributed by atoms with Crippen LogP contribution in [0.2, 0.25) is 0 Å². The van der Waals surface area contributed by atoms with Crippen LogP contribution in [0, 0.1) is 11.8 Å². The van der Waals surface area contributed by atoms with Crippen LogP contribution in [0.3, 0.4) is 0 Å². The molecule has 0 spiro atoms. The molecular formula is C13H24NO2+. The first kappa shape index (κ1) is 15.0. The number of nitrogens with one attached hydrogen (secondary N) is 1. The molecule has 1 atom stereocenters. The minimum absolute atomic E-state index is 0.270. The first-order valence-electron chi connectivity index (χ1n) is 6.00. The number of hydrogen-bond donors (Lipinski definition) is 1. The summed E-state index contributed by atoms with van der Waals surface area (Å²) in [5, 5.41) is 0. The Kier molecular flexibility index (Phi) is 6.83. The van der Waals surface area contributed by atoms with Crippen LogP contribution >= 0.6 is 0 Å². The predicted octanol–water partition coefficient (Wildman–Crippen LogP) is 0.646. The van der Waals surface area contributed by atoms with E-state index >= 15 is 0 Å². The molecule has 0 aromatic heterocycles. The molecule has 0 aliphatic heterocycles. The van der Waals surface area contributed by atoms with Gasteiger partial charge in [-0.05, 0) is 39.0 Å². The third-order valence-corrected chi connectivity index (χ3v) is 2.73. The van der Waals surface area contributed by atoms with Crippen molar-refractivity contribution in [3.8, 4) is 11.8 Å². The molecule has 0 aromatic rings. The molecule has 3 heteroatoms. The van der Waals surface area contributed by atoms with Crippen molar-refractivity contribution in [3.05, 3.63) is 0 Å². The highest BCUT2D eigenvalue weighted by Crippen LogP contribution is 2.13. The van der Waals surface area contributed by atoms with Crippen LogP contribution in [0.5, 0.6) is 0 Å². The fourth-order valence-electron chi connectivity index (χ4n) is 1.36. The van der Waals surface area contributed by atoms with E-state index in [2.05, 4.69) is 25.7 Å². The molecular weight excluding hydrogens is 202 g/mol. The lowest BCUT2D eigenvalue weighted by molar-refractivity contribution is -0.889. The third kappa shape index (κ3) is 5.77. The van der Waals surface area contributed by atoms with Gasteiger partial charge in [0.05, 0.1) is 13.1 Å². The Labute approximate surface area is 99.2 Å². The summed E-state index contributed by atoms with van der Waals surface area (Å²) in [6, 6.07) is 0. The van der Waals surface area contributed by atoms with Gasteiger partial charge in [0, 0.05) is 6.92 Å². The standard InChI is InChI=1S/C13H23NO2/c1-6-13(5,16-12(4)15)10-9-11-14(7-2)8-3/h6-8,11H2,1-5H3/p+1/t13-/m1/s1. The summed E-state index contributed by atoms with van der Waals surface area (Å²) in [6.45, 7) is 12.5. The topological polar surface area (TPSA) is 30.7 Å². The number of hydrogen-bond acceptors (Lipinski definition) is 2. The average Bonchev–Trinajstić information content (AvgIpc) is 2.23. The minimum atomic E-state index is -0.627. The van der Waals surface area contributed by atoms with Gasteiger partial charge in [0.1, 0.15) is 6.54 Å². The van der Waals surface area contributed by atoms with Gasteiger partial charge in [-0.25, -0.2) is 0 Å². The van der Waals surface area contributed by atoms with E-state index < -0.39 is 5.60 Å². The molecule has 0 unspecified atom stereocenters. The molecule has 0 aliphatic rings. The number of quaternary nitrogens is 1. The summed E-state index contributed by atoms with van der Waals surface area (Å²) in [5.74, 6) is 5.91. The highest BCUT2D eigenvalue weighted by molar-refractivity contribution is 5.67. The van der Waals surface area contributed by atoms with Gasteiger partial charge in [0.15, 0.2) is 5.60 Å². The molecule has 0 aromatic carbocycles. The Morgan fingerprint density at radius 1 is 1.31 bits per heavy atom. The summed E-state index contributed by atoms with van der Waals surface area (Å²) < 4.78 is 5.21. The van der Waals surface area contributed by atoms with Crippen LogP contribution in [0.25, 0.3) is 0 Å². The largest absolute Gasteiger partial charge is 0.446 e. The van der Waals surface area contributed by atoms with Crippen molar-refractivity contribution in [3.63, 3.8) is 0 Å². The van der Waals surface area contributed by atoms with Gasteiger partial charge in [-0.15, -0.1) is 0 Å². The van der Waals surface area contributed by atoms with Crippen LogP contribution in [-0.4, -0.2) is 31.2 Å². The Bertz CT molecular complexity index is 273. The minimum Gasteiger partial charge on any atom is -0.446 e. The van der Waals surface area contributed by atoms with E-state index in [-0.39, 0.29) is 5.97 Å². The first-order chi connectivity index (χ1) is 7.47. The van der Waals surface area contributed by atoms with E-state index in [1.54, 1.807) is 0 Å². The number of rotatable bonds is 5. The summed E-state index contributed by atoms with van der Waals surface area (Å²) in [5.41, 5.74) is -0.627. The monoisotopic (exact) mass is 226 g/mol. The zero-order valence-corrected chi connectivity index (χ0v) is 11.1. The van der Waals surface area contributed by atoms with Crippen LogP contribution in [-0.2, 0) is 9.53 Å². The van der Waals surface area contributed by atoms with E-state index in [4.69, 9.17) is 4.74 Å². The second kappa shape index (κ2) is 7.29. The second-order valence-electron chi connectivity index (χ2n) is 4.11. The van der Waals surface area contributed by atoms with Crippen molar-refractivity contribution in [1.82, 2.24) is 0 Å². The molecule has 0 amide bonds. The van der Waals surface area contributed by atoms with E-state index in [0.717, 1.165) is 19.6 Å². The summed E-state index contributed by atoms with van der Waals surface area (Å²) in [7, 11) is 0. The Morgan fingerprint density at radius 2 is 1.88 bits per heavy atom. The number of carbonyl (C=O) groups is 1. The van der Waals surface area contributed by atoms with Crippen molar-refractivity contribution in [2.24, 2.45) is 0 Å². The Balaban J connectivity index is 4.40. The maximum atomic E-state index is 10.9. The molecule has 16 heavy (non-hydrogen) atoms. The molecule has 0 fully saturated rings. The van der Waals surface area contributed by atoms with Crippen molar-refractivity contribution in [2.45, 2.75) is 46.6 Å². The highest BCUT2D eigenvalue weighted by Gasteiger charge is 2.22.